The summed E-state index contributed by atoms with van der Waals surface area (Å²) in [6.45, 7) is 0. The quantitative estimate of drug-likeness (QED) is 0.837. The number of carboxylic acids is 1. The molecule has 0 bridgehead atoms. The highest BCUT2D eigenvalue weighted by molar-refractivity contribution is 5.71. The van der Waals surface area contributed by atoms with Crippen LogP contribution in [0.3, 0.4) is 0 Å². The van der Waals surface area contributed by atoms with E-state index in [-0.39, 0.29) is 12.8 Å². The molecule has 1 atom stereocenters. The van der Waals surface area contributed by atoms with Gasteiger partial charge in [0.15, 0.2) is 0 Å². The van der Waals surface area contributed by atoms with Crippen molar-refractivity contribution < 1.29 is 23.8 Å². The minimum Gasteiger partial charge on any atom is -0.481 e. The lowest BCUT2D eigenvalue weighted by atomic mass is 10.0. The summed E-state index contributed by atoms with van der Waals surface area (Å²) >= 11 is 0. The molecular weight excluding hydrogens is 241 g/mol. The van der Waals surface area contributed by atoms with Crippen LogP contribution in [0.1, 0.15) is 12.0 Å². The van der Waals surface area contributed by atoms with Crippen molar-refractivity contribution in [1.82, 2.24) is 5.32 Å². The number of nitrogens with one attached hydrogen (secondary N) is 1. The van der Waals surface area contributed by atoms with Crippen LogP contribution in [0.15, 0.2) is 24.3 Å². The molecule has 1 aromatic carbocycles. The van der Waals surface area contributed by atoms with Gasteiger partial charge in [0, 0.05) is 6.04 Å². The van der Waals surface area contributed by atoms with Crippen molar-refractivity contribution >= 4 is 12.1 Å². The summed E-state index contributed by atoms with van der Waals surface area (Å²) in [5, 5.41) is 11.1. The first-order chi connectivity index (χ1) is 8.52. The van der Waals surface area contributed by atoms with Gasteiger partial charge in [-0.05, 0) is 18.1 Å². The van der Waals surface area contributed by atoms with Crippen molar-refractivity contribution in [3.63, 3.8) is 0 Å². The zero-order valence-electron chi connectivity index (χ0n) is 9.85. The molecule has 98 valence electrons. The Bertz CT molecular complexity index is 436. The highest BCUT2D eigenvalue weighted by Crippen LogP contribution is 2.11. The number of ether oxygens (including phenoxy) is 1. The van der Waals surface area contributed by atoms with Crippen molar-refractivity contribution in [2.45, 2.75) is 18.9 Å². The molecule has 0 spiro atoms. The van der Waals surface area contributed by atoms with E-state index in [4.69, 9.17) is 5.11 Å². The highest BCUT2D eigenvalue weighted by Gasteiger charge is 2.18. The number of carbonyl (C=O) groups is 2. The first-order valence-corrected chi connectivity index (χ1v) is 5.32. The lowest BCUT2D eigenvalue weighted by Crippen LogP contribution is -2.38. The van der Waals surface area contributed by atoms with Gasteiger partial charge in [0.2, 0.25) is 0 Å². The van der Waals surface area contributed by atoms with E-state index in [0.29, 0.717) is 5.56 Å². The zero-order chi connectivity index (χ0) is 13.5. The second-order valence-corrected chi connectivity index (χ2v) is 3.73. The fourth-order valence-corrected chi connectivity index (χ4v) is 1.54. The second-order valence-electron chi connectivity index (χ2n) is 3.73. The molecule has 0 saturated heterocycles. The van der Waals surface area contributed by atoms with Crippen LogP contribution in [0.5, 0.6) is 0 Å². The van der Waals surface area contributed by atoms with Gasteiger partial charge in [-0.3, -0.25) is 4.79 Å². The third-order valence-corrected chi connectivity index (χ3v) is 2.35. The molecule has 0 fully saturated rings. The number of halogens is 1. The van der Waals surface area contributed by atoms with Crippen LogP contribution in [0.4, 0.5) is 9.18 Å². The summed E-state index contributed by atoms with van der Waals surface area (Å²) in [7, 11) is 1.18. The highest BCUT2D eigenvalue weighted by atomic mass is 19.1. The minimum atomic E-state index is -1.08. The number of hydrogen-bond donors (Lipinski definition) is 2. The van der Waals surface area contributed by atoms with E-state index in [1.807, 2.05) is 0 Å². The van der Waals surface area contributed by atoms with E-state index in [9.17, 15) is 14.0 Å². The van der Waals surface area contributed by atoms with Crippen LogP contribution in [0, 0.1) is 5.82 Å². The molecule has 18 heavy (non-hydrogen) atoms. The van der Waals surface area contributed by atoms with Crippen molar-refractivity contribution in [2.24, 2.45) is 0 Å². The molecule has 1 rings (SSSR count). The van der Waals surface area contributed by atoms with Gasteiger partial charge in [0.1, 0.15) is 5.82 Å². The van der Waals surface area contributed by atoms with Gasteiger partial charge in [0.25, 0.3) is 0 Å². The van der Waals surface area contributed by atoms with Crippen LogP contribution in [0.2, 0.25) is 0 Å². The van der Waals surface area contributed by atoms with Crippen LogP contribution >= 0.6 is 0 Å². The van der Waals surface area contributed by atoms with Gasteiger partial charge < -0.3 is 15.2 Å². The Labute approximate surface area is 104 Å². The Morgan fingerprint density at radius 2 is 2.11 bits per heavy atom. The molecule has 0 aliphatic heterocycles. The Hall–Kier alpha value is -2.11. The first-order valence-electron chi connectivity index (χ1n) is 5.32. The molecule has 0 unspecified atom stereocenters. The Morgan fingerprint density at radius 1 is 1.44 bits per heavy atom. The molecule has 0 heterocycles. The number of methoxy groups -OCH3 is 1. The van der Waals surface area contributed by atoms with Crippen LogP contribution in [0.25, 0.3) is 0 Å². The normalized spacial score (nSPS) is 11.7. The van der Waals surface area contributed by atoms with Gasteiger partial charge >= 0.3 is 12.1 Å². The molecule has 0 aliphatic carbocycles. The second kappa shape index (κ2) is 6.58. The summed E-state index contributed by atoms with van der Waals surface area (Å²) in [5.74, 6) is -1.51. The van der Waals surface area contributed by atoms with Crippen LogP contribution in [-0.4, -0.2) is 30.3 Å². The molecule has 1 aromatic rings. The van der Waals surface area contributed by atoms with Gasteiger partial charge in [0.05, 0.1) is 13.5 Å². The average molecular weight is 255 g/mol. The zero-order valence-corrected chi connectivity index (χ0v) is 9.85. The van der Waals surface area contributed by atoms with E-state index >= 15 is 0 Å². The first kappa shape index (κ1) is 14.0. The topological polar surface area (TPSA) is 75.6 Å². The lowest BCUT2D eigenvalue weighted by molar-refractivity contribution is -0.137. The maximum atomic E-state index is 13.4. The average Bonchev–Trinajstić information content (AvgIpc) is 2.31. The van der Waals surface area contributed by atoms with E-state index in [2.05, 4.69) is 10.1 Å². The van der Waals surface area contributed by atoms with E-state index in [1.165, 1.54) is 13.2 Å². The fourth-order valence-electron chi connectivity index (χ4n) is 1.54. The van der Waals surface area contributed by atoms with Gasteiger partial charge in [-0.15, -0.1) is 0 Å². The fraction of sp³-hybridized carbons (Fsp3) is 0.333. The van der Waals surface area contributed by atoms with Crippen molar-refractivity contribution in [3.05, 3.63) is 35.6 Å². The maximum absolute atomic E-state index is 13.4. The molecule has 6 heteroatoms. The molecule has 1 amide bonds. The van der Waals surface area contributed by atoms with Crippen LogP contribution < -0.4 is 5.32 Å². The summed E-state index contributed by atoms with van der Waals surface area (Å²) in [4.78, 5) is 21.7. The lowest BCUT2D eigenvalue weighted by Gasteiger charge is -2.16. The van der Waals surface area contributed by atoms with Crippen molar-refractivity contribution in [2.75, 3.05) is 7.11 Å². The van der Waals surface area contributed by atoms with Gasteiger partial charge in [-0.1, -0.05) is 18.2 Å². The van der Waals surface area contributed by atoms with E-state index in [1.54, 1.807) is 18.2 Å². The Morgan fingerprint density at radius 3 is 2.67 bits per heavy atom. The summed E-state index contributed by atoms with van der Waals surface area (Å²) in [6.07, 6.45) is -0.949. The molecule has 0 saturated carbocycles. The number of carbonyl (C=O) groups excluding carboxylic acids is 1. The summed E-state index contributed by atoms with van der Waals surface area (Å²) < 4.78 is 17.8. The smallest absolute Gasteiger partial charge is 0.407 e. The number of amides is 1. The predicted molar refractivity (Wildman–Crippen MR) is 61.7 cm³/mol. The number of rotatable bonds is 5. The van der Waals surface area contributed by atoms with Gasteiger partial charge in [-0.2, -0.15) is 0 Å². The molecule has 0 radical (unpaired) electrons. The number of benzene rings is 1. The monoisotopic (exact) mass is 255 g/mol. The van der Waals surface area contributed by atoms with Crippen molar-refractivity contribution in [1.29, 1.82) is 0 Å². The molecule has 0 aromatic heterocycles. The third kappa shape index (κ3) is 4.40. The number of alkyl carbamates (subject to hydrolysis) is 1. The van der Waals surface area contributed by atoms with Crippen molar-refractivity contribution in [3.8, 4) is 0 Å². The molecule has 2 N–H and O–H groups in total. The molecule has 0 aliphatic rings. The van der Waals surface area contributed by atoms with E-state index < -0.39 is 23.9 Å². The molecular formula is C12H14FNO4. The maximum Gasteiger partial charge on any atom is 0.407 e. The summed E-state index contributed by atoms with van der Waals surface area (Å²) in [6, 6.07) is 5.30. The van der Waals surface area contributed by atoms with E-state index in [0.717, 1.165) is 0 Å². The van der Waals surface area contributed by atoms with Gasteiger partial charge in [-0.25, -0.2) is 9.18 Å². The Kier molecular flexibility index (Phi) is 5.10. The predicted octanol–water partition coefficient (Wildman–Crippen LogP) is 1.57. The van der Waals surface area contributed by atoms with Crippen LogP contribution in [-0.2, 0) is 16.0 Å². The standard InChI is InChI=1S/C12H14FNO4/c1-18-12(17)14-9(7-11(15)16)6-8-4-2-3-5-10(8)13/h2-5,9H,6-7H2,1H3,(H,14,17)(H,15,16)/t9-/m1/s1. The minimum absolute atomic E-state index is 0.0913. The number of hydrogen-bond acceptors (Lipinski definition) is 3. The SMILES string of the molecule is COC(=O)N[C@@H](CC(=O)O)Cc1ccccc1F. The Balaban J connectivity index is 2.74. The third-order valence-electron chi connectivity index (χ3n) is 2.35. The largest absolute Gasteiger partial charge is 0.481 e. The molecule has 5 nitrogen and oxygen atoms in total. The number of aliphatic carboxylic acids is 1. The summed E-state index contributed by atoms with van der Waals surface area (Å²) in [5.41, 5.74) is 0.347. The number of carboxylic acid groups (broad SMARTS) is 1.